The molecule has 3 rings (SSSR count). The van der Waals surface area contributed by atoms with E-state index in [0.29, 0.717) is 28.5 Å². The quantitative estimate of drug-likeness (QED) is 0.398. The van der Waals surface area contributed by atoms with E-state index in [1.807, 2.05) is 12.1 Å². The number of rotatable bonds is 9. The monoisotopic (exact) mass is 488 g/mol. The number of halogens is 2. The summed E-state index contributed by atoms with van der Waals surface area (Å²) in [7, 11) is 0. The Bertz CT molecular complexity index is 1220. The number of hydrogen-bond donors (Lipinski definition) is 3. The molecule has 0 fully saturated rings. The standard InChI is InChI=1S/C23H22ClFN4O5/c1-14(30)28-29-21(31)11-17-13-26-23(27-22(17)32)33-9-8-15-2-4-18(5-3-15)34-19-6-7-20(24)16(10-19)12-25/h2-7,10,13H,8-9,11-12H2,1H3,(H,28,30)(H,29,31)(H,26,27,32). The second-order valence-corrected chi connectivity index (χ2v) is 7.59. The Hall–Kier alpha value is -3.92. The topological polar surface area (TPSA) is 122 Å². The molecule has 0 saturated heterocycles. The molecule has 0 aliphatic rings. The molecule has 34 heavy (non-hydrogen) atoms. The molecule has 0 bridgehead atoms. The molecule has 11 heteroatoms. The highest BCUT2D eigenvalue weighted by Crippen LogP contribution is 2.27. The van der Waals surface area contributed by atoms with Crippen molar-refractivity contribution in [1.82, 2.24) is 20.8 Å². The fourth-order valence-corrected chi connectivity index (χ4v) is 2.99. The number of aromatic amines is 1. The summed E-state index contributed by atoms with van der Waals surface area (Å²) in [5.74, 6) is 0.0858. The number of nitrogens with one attached hydrogen (secondary N) is 3. The van der Waals surface area contributed by atoms with Crippen molar-refractivity contribution < 1.29 is 23.5 Å². The lowest BCUT2D eigenvalue weighted by Crippen LogP contribution is -2.41. The van der Waals surface area contributed by atoms with Crippen molar-refractivity contribution in [1.29, 1.82) is 0 Å². The first-order valence-electron chi connectivity index (χ1n) is 10.2. The summed E-state index contributed by atoms with van der Waals surface area (Å²) in [5, 5.41) is 0.350. The van der Waals surface area contributed by atoms with E-state index in [2.05, 4.69) is 20.8 Å². The number of carbonyl (C=O) groups is 2. The van der Waals surface area contributed by atoms with Crippen LogP contribution in [0.4, 0.5) is 4.39 Å². The summed E-state index contributed by atoms with van der Waals surface area (Å²) in [6.45, 7) is 0.822. The number of alkyl halides is 1. The second-order valence-electron chi connectivity index (χ2n) is 7.18. The van der Waals surface area contributed by atoms with Crippen molar-refractivity contribution in [2.45, 2.75) is 26.4 Å². The van der Waals surface area contributed by atoms with Crippen LogP contribution in [0.25, 0.3) is 0 Å². The number of nitrogens with zero attached hydrogens (tertiary/aromatic N) is 1. The Kier molecular flexibility index (Phi) is 8.58. The molecule has 0 radical (unpaired) electrons. The molecule has 0 unspecified atom stereocenters. The molecule has 3 N–H and O–H groups in total. The highest BCUT2D eigenvalue weighted by molar-refractivity contribution is 6.31. The van der Waals surface area contributed by atoms with Gasteiger partial charge in [0.25, 0.3) is 11.6 Å². The number of ether oxygens (including phenoxy) is 2. The minimum atomic E-state index is -0.675. The number of aromatic nitrogens is 2. The van der Waals surface area contributed by atoms with Gasteiger partial charge in [0.1, 0.15) is 18.2 Å². The maximum absolute atomic E-state index is 12.9. The molecular formula is C23H22ClFN4O5. The maximum atomic E-state index is 12.9. The molecular weight excluding hydrogens is 467 g/mol. The second kappa shape index (κ2) is 11.8. The molecule has 1 aromatic heterocycles. The average molecular weight is 489 g/mol. The van der Waals surface area contributed by atoms with E-state index in [9.17, 15) is 18.8 Å². The van der Waals surface area contributed by atoms with Gasteiger partial charge < -0.3 is 9.47 Å². The summed E-state index contributed by atoms with van der Waals surface area (Å²) >= 11 is 5.91. The largest absolute Gasteiger partial charge is 0.464 e. The number of benzene rings is 2. The Labute approximate surface area is 199 Å². The molecule has 2 amide bonds. The zero-order valence-corrected chi connectivity index (χ0v) is 18.9. The Morgan fingerprint density at radius 1 is 1.09 bits per heavy atom. The zero-order chi connectivity index (χ0) is 24.5. The fraction of sp³-hybridized carbons (Fsp3) is 0.217. The molecule has 0 spiro atoms. The van der Waals surface area contributed by atoms with Gasteiger partial charge in [-0.1, -0.05) is 23.7 Å². The van der Waals surface area contributed by atoms with Crippen LogP contribution in [0.3, 0.4) is 0 Å². The molecule has 0 atom stereocenters. The fourth-order valence-electron chi connectivity index (χ4n) is 2.82. The lowest BCUT2D eigenvalue weighted by atomic mass is 10.1. The first-order valence-corrected chi connectivity index (χ1v) is 10.6. The van der Waals surface area contributed by atoms with Crippen LogP contribution >= 0.6 is 11.6 Å². The Morgan fingerprint density at radius 3 is 2.50 bits per heavy atom. The summed E-state index contributed by atoms with van der Waals surface area (Å²) in [6.07, 6.45) is 1.54. The van der Waals surface area contributed by atoms with Gasteiger partial charge in [-0.25, -0.2) is 9.37 Å². The first-order chi connectivity index (χ1) is 16.3. The predicted octanol–water partition coefficient (Wildman–Crippen LogP) is 3.02. The van der Waals surface area contributed by atoms with Crippen LogP contribution in [0.1, 0.15) is 23.6 Å². The van der Waals surface area contributed by atoms with E-state index < -0.39 is 24.0 Å². The molecule has 2 aromatic carbocycles. The van der Waals surface area contributed by atoms with Crippen LogP contribution in [0.2, 0.25) is 5.02 Å². The first kappa shape index (κ1) is 24.7. The van der Waals surface area contributed by atoms with Gasteiger partial charge in [-0.15, -0.1) is 0 Å². The van der Waals surface area contributed by atoms with Gasteiger partial charge in [0, 0.05) is 35.7 Å². The Balaban J connectivity index is 1.48. The predicted molar refractivity (Wildman–Crippen MR) is 123 cm³/mol. The van der Waals surface area contributed by atoms with Gasteiger partial charge in [0.15, 0.2) is 0 Å². The number of carbonyl (C=O) groups excluding carboxylic acids is 2. The maximum Gasteiger partial charge on any atom is 0.296 e. The van der Waals surface area contributed by atoms with E-state index in [-0.39, 0.29) is 24.6 Å². The van der Waals surface area contributed by atoms with Crippen LogP contribution in [0.15, 0.2) is 53.5 Å². The van der Waals surface area contributed by atoms with Crippen LogP contribution in [0.5, 0.6) is 17.5 Å². The zero-order valence-electron chi connectivity index (χ0n) is 18.2. The van der Waals surface area contributed by atoms with Crippen molar-refractivity contribution in [3.8, 4) is 17.5 Å². The SMILES string of the molecule is CC(=O)NNC(=O)Cc1cnc(OCCc2ccc(Oc3ccc(Cl)c(CF)c3)cc2)[nH]c1=O. The molecule has 0 aliphatic heterocycles. The van der Waals surface area contributed by atoms with E-state index >= 15 is 0 Å². The summed E-state index contributed by atoms with van der Waals surface area (Å²) < 4.78 is 24.2. The van der Waals surface area contributed by atoms with Gasteiger partial charge in [-0.05, 0) is 35.9 Å². The third kappa shape index (κ3) is 7.31. The smallest absolute Gasteiger partial charge is 0.296 e. The van der Waals surface area contributed by atoms with Gasteiger partial charge in [-0.3, -0.25) is 30.2 Å². The van der Waals surface area contributed by atoms with E-state index in [0.717, 1.165) is 5.56 Å². The minimum absolute atomic E-state index is 0.0300. The minimum Gasteiger partial charge on any atom is -0.464 e. The van der Waals surface area contributed by atoms with Gasteiger partial charge >= 0.3 is 0 Å². The van der Waals surface area contributed by atoms with Gasteiger partial charge in [0.05, 0.1) is 13.0 Å². The lowest BCUT2D eigenvalue weighted by molar-refractivity contribution is -0.127. The third-order valence-corrected chi connectivity index (χ3v) is 4.90. The molecule has 0 saturated carbocycles. The molecule has 178 valence electrons. The van der Waals surface area contributed by atoms with Crippen molar-refractivity contribution in [2.24, 2.45) is 0 Å². The number of amides is 2. The number of hydrogen-bond acceptors (Lipinski definition) is 6. The normalized spacial score (nSPS) is 10.4. The van der Waals surface area contributed by atoms with Crippen molar-refractivity contribution in [3.63, 3.8) is 0 Å². The lowest BCUT2D eigenvalue weighted by Gasteiger charge is -2.09. The highest BCUT2D eigenvalue weighted by Gasteiger charge is 2.10. The van der Waals surface area contributed by atoms with E-state index in [1.165, 1.54) is 13.1 Å². The highest BCUT2D eigenvalue weighted by atomic mass is 35.5. The number of hydrazine groups is 1. The molecule has 3 aromatic rings. The van der Waals surface area contributed by atoms with Crippen LogP contribution in [-0.2, 0) is 29.1 Å². The molecule has 0 aliphatic carbocycles. The molecule has 1 heterocycles. The summed E-state index contributed by atoms with van der Waals surface area (Å²) in [5.41, 5.74) is 5.25. The Morgan fingerprint density at radius 2 is 1.82 bits per heavy atom. The van der Waals surface area contributed by atoms with Crippen LogP contribution in [-0.4, -0.2) is 28.4 Å². The van der Waals surface area contributed by atoms with Crippen LogP contribution < -0.4 is 25.9 Å². The van der Waals surface area contributed by atoms with Crippen LogP contribution in [0, 0.1) is 0 Å². The average Bonchev–Trinajstić information content (AvgIpc) is 2.82. The van der Waals surface area contributed by atoms with Crippen molar-refractivity contribution >= 4 is 23.4 Å². The number of H-pyrrole nitrogens is 1. The third-order valence-electron chi connectivity index (χ3n) is 4.53. The van der Waals surface area contributed by atoms with Crippen molar-refractivity contribution in [2.75, 3.05) is 6.61 Å². The summed E-state index contributed by atoms with van der Waals surface area (Å²) in [4.78, 5) is 41.1. The van der Waals surface area contributed by atoms with Gasteiger partial charge in [-0.2, -0.15) is 0 Å². The van der Waals surface area contributed by atoms with E-state index in [1.54, 1.807) is 30.3 Å². The van der Waals surface area contributed by atoms with Crippen molar-refractivity contribution in [3.05, 3.63) is 80.7 Å². The summed E-state index contributed by atoms with van der Waals surface area (Å²) in [6, 6.07) is 12.1. The van der Waals surface area contributed by atoms with Gasteiger partial charge in [0.2, 0.25) is 11.8 Å². The van der Waals surface area contributed by atoms with E-state index in [4.69, 9.17) is 21.1 Å². The molecule has 9 nitrogen and oxygen atoms in total.